The number of hydrogen-bond acceptors (Lipinski definition) is 4. The topological polar surface area (TPSA) is 47.6 Å². The van der Waals surface area contributed by atoms with Gasteiger partial charge in [0.15, 0.2) is 5.17 Å². The highest BCUT2D eigenvalue weighted by Crippen LogP contribution is 2.50. The summed E-state index contributed by atoms with van der Waals surface area (Å²) in [5, 5.41) is 0.549. The molecule has 0 spiro atoms. The second kappa shape index (κ2) is 7.41. The van der Waals surface area contributed by atoms with Crippen LogP contribution in [0.2, 0.25) is 0 Å². The third kappa shape index (κ3) is 3.38. The molecule has 5 heteroatoms. The Morgan fingerprint density at radius 3 is 2.69 bits per heavy atom. The van der Waals surface area contributed by atoms with E-state index in [1.807, 2.05) is 30.3 Å². The Labute approximate surface area is 157 Å². The molecule has 2 aliphatic rings. The standard InChI is InChI=1S/C21H23FN2OS/c22-19-9-5-4-8-18(19)21-12-17(25-13-15-6-2-1-3-7-15)11-10-16(21)14-26-20(23)24-21/h1-9,16-17H,10-14H2,(H2,23,24). The molecule has 3 nitrogen and oxygen atoms in total. The molecule has 3 unspecified atom stereocenters. The number of thioether (sulfide) groups is 1. The first kappa shape index (κ1) is 17.6. The van der Waals surface area contributed by atoms with E-state index in [0.717, 1.165) is 24.2 Å². The van der Waals surface area contributed by atoms with Crippen molar-refractivity contribution in [1.82, 2.24) is 0 Å². The van der Waals surface area contributed by atoms with Crippen LogP contribution in [-0.4, -0.2) is 17.0 Å². The zero-order valence-corrected chi connectivity index (χ0v) is 15.4. The number of nitrogens with zero attached hydrogens (tertiary/aromatic N) is 1. The highest BCUT2D eigenvalue weighted by molar-refractivity contribution is 8.13. The summed E-state index contributed by atoms with van der Waals surface area (Å²) in [7, 11) is 0. The maximum absolute atomic E-state index is 14.7. The quantitative estimate of drug-likeness (QED) is 0.864. The van der Waals surface area contributed by atoms with Crippen molar-refractivity contribution in [2.24, 2.45) is 16.6 Å². The van der Waals surface area contributed by atoms with E-state index in [0.29, 0.717) is 23.8 Å². The van der Waals surface area contributed by atoms with Crippen LogP contribution < -0.4 is 5.73 Å². The van der Waals surface area contributed by atoms with E-state index in [2.05, 4.69) is 12.1 Å². The third-order valence-electron chi connectivity index (χ3n) is 5.46. The molecular weight excluding hydrogens is 347 g/mol. The van der Waals surface area contributed by atoms with Crippen molar-refractivity contribution in [3.05, 3.63) is 71.5 Å². The molecule has 136 valence electrons. The average Bonchev–Trinajstić information content (AvgIpc) is 2.67. The molecule has 0 aromatic heterocycles. The minimum atomic E-state index is -0.611. The Balaban J connectivity index is 1.61. The Morgan fingerprint density at radius 2 is 1.88 bits per heavy atom. The van der Waals surface area contributed by atoms with Gasteiger partial charge in [-0.2, -0.15) is 0 Å². The highest BCUT2D eigenvalue weighted by atomic mass is 32.2. The number of rotatable bonds is 4. The zero-order chi connectivity index (χ0) is 18.0. The van der Waals surface area contributed by atoms with Gasteiger partial charge in [-0.05, 0) is 30.4 Å². The van der Waals surface area contributed by atoms with E-state index < -0.39 is 5.54 Å². The first-order valence-corrected chi connectivity index (χ1v) is 10.0. The monoisotopic (exact) mass is 370 g/mol. The van der Waals surface area contributed by atoms with Crippen LogP contribution in [0.15, 0.2) is 59.6 Å². The van der Waals surface area contributed by atoms with Crippen molar-refractivity contribution in [2.75, 3.05) is 5.75 Å². The Bertz CT molecular complexity index is 798. The summed E-state index contributed by atoms with van der Waals surface area (Å²) in [5.74, 6) is 0.965. The van der Waals surface area contributed by atoms with Gasteiger partial charge in [0.1, 0.15) is 5.82 Å². The number of hydrogen-bond donors (Lipinski definition) is 1. The molecule has 1 heterocycles. The number of aliphatic imine (C=N–C) groups is 1. The largest absolute Gasteiger partial charge is 0.379 e. The molecule has 1 saturated carbocycles. The summed E-state index contributed by atoms with van der Waals surface area (Å²) in [5.41, 5.74) is 7.27. The number of nitrogens with two attached hydrogens (primary N) is 1. The molecule has 2 N–H and O–H groups in total. The molecule has 2 aromatic carbocycles. The maximum atomic E-state index is 14.7. The molecule has 4 rings (SSSR count). The number of amidine groups is 1. The van der Waals surface area contributed by atoms with Gasteiger partial charge < -0.3 is 10.5 Å². The molecule has 0 amide bonds. The van der Waals surface area contributed by atoms with Crippen molar-refractivity contribution < 1.29 is 9.13 Å². The minimum absolute atomic E-state index is 0.0470. The van der Waals surface area contributed by atoms with Crippen LogP contribution in [0, 0.1) is 11.7 Å². The lowest BCUT2D eigenvalue weighted by molar-refractivity contribution is -0.0199. The van der Waals surface area contributed by atoms with Gasteiger partial charge in [-0.15, -0.1) is 0 Å². The van der Waals surface area contributed by atoms with Crippen molar-refractivity contribution in [3.8, 4) is 0 Å². The number of fused-ring (bicyclic) bond motifs is 1. The molecule has 1 aliphatic heterocycles. The van der Waals surface area contributed by atoms with Crippen LogP contribution in [0.5, 0.6) is 0 Å². The smallest absolute Gasteiger partial charge is 0.154 e. The number of benzene rings is 2. The van der Waals surface area contributed by atoms with Crippen LogP contribution in [-0.2, 0) is 16.9 Å². The average molecular weight is 370 g/mol. The predicted octanol–water partition coefficient (Wildman–Crippen LogP) is 4.47. The van der Waals surface area contributed by atoms with Crippen LogP contribution in [0.1, 0.15) is 30.4 Å². The fourth-order valence-corrected chi connectivity index (χ4v) is 5.19. The third-order valence-corrected chi connectivity index (χ3v) is 6.42. The number of ether oxygens (including phenoxy) is 1. The van der Waals surface area contributed by atoms with E-state index in [1.54, 1.807) is 17.8 Å². The maximum Gasteiger partial charge on any atom is 0.154 e. The molecule has 0 radical (unpaired) electrons. The SMILES string of the molecule is NC1=NC2(c3ccccc3F)CC(OCc3ccccc3)CCC2CS1. The van der Waals surface area contributed by atoms with Crippen LogP contribution in [0.25, 0.3) is 0 Å². The summed E-state index contributed by atoms with van der Waals surface area (Å²) >= 11 is 1.58. The van der Waals surface area contributed by atoms with Gasteiger partial charge in [-0.3, -0.25) is 4.99 Å². The molecular formula is C21H23FN2OS. The van der Waals surface area contributed by atoms with E-state index in [9.17, 15) is 4.39 Å². The molecule has 0 bridgehead atoms. The summed E-state index contributed by atoms with van der Waals surface area (Å²) in [4.78, 5) is 4.81. The van der Waals surface area contributed by atoms with Crippen molar-refractivity contribution >= 4 is 16.9 Å². The van der Waals surface area contributed by atoms with Crippen molar-refractivity contribution in [1.29, 1.82) is 0 Å². The van der Waals surface area contributed by atoms with Gasteiger partial charge in [0.25, 0.3) is 0 Å². The zero-order valence-electron chi connectivity index (χ0n) is 14.6. The van der Waals surface area contributed by atoms with E-state index in [-0.39, 0.29) is 17.8 Å². The summed E-state index contributed by atoms with van der Waals surface area (Å²) in [6.45, 7) is 0.567. The lowest BCUT2D eigenvalue weighted by atomic mass is 9.68. The normalized spacial score (nSPS) is 28.3. The second-order valence-corrected chi connectivity index (χ2v) is 8.10. The Kier molecular flexibility index (Phi) is 5.00. The van der Waals surface area contributed by atoms with Crippen LogP contribution in [0.4, 0.5) is 4.39 Å². The highest BCUT2D eigenvalue weighted by Gasteiger charge is 2.49. The number of halogens is 1. The summed E-state index contributed by atoms with van der Waals surface area (Å²) < 4.78 is 20.9. The molecule has 3 atom stereocenters. The molecule has 1 aliphatic carbocycles. The van der Waals surface area contributed by atoms with Crippen LogP contribution >= 0.6 is 11.8 Å². The summed E-state index contributed by atoms with van der Waals surface area (Å²) in [6, 6.07) is 17.1. The van der Waals surface area contributed by atoms with Gasteiger partial charge >= 0.3 is 0 Å². The van der Waals surface area contributed by atoms with E-state index >= 15 is 0 Å². The Hall–Kier alpha value is -1.85. The lowest BCUT2D eigenvalue weighted by Crippen LogP contribution is -2.47. The Morgan fingerprint density at radius 1 is 1.12 bits per heavy atom. The van der Waals surface area contributed by atoms with Crippen molar-refractivity contribution in [3.63, 3.8) is 0 Å². The van der Waals surface area contributed by atoms with Gasteiger partial charge in [-0.1, -0.05) is 60.3 Å². The summed E-state index contributed by atoms with van der Waals surface area (Å²) in [6.07, 6.45) is 2.67. The fraction of sp³-hybridized carbons (Fsp3) is 0.381. The molecule has 2 aromatic rings. The van der Waals surface area contributed by atoms with E-state index in [1.165, 1.54) is 6.07 Å². The van der Waals surface area contributed by atoms with Crippen molar-refractivity contribution in [2.45, 2.75) is 37.5 Å². The first-order valence-electron chi connectivity index (χ1n) is 9.06. The van der Waals surface area contributed by atoms with Gasteiger partial charge in [0.05, 0.1) is 18.2 Å². The fourth-order valence-electron chi connectivity index (χ4n) is 4.15. The van der Waals surface area contributed by atoms with E-state index in [4.69, 9.17) is 15.5 Å². The van der Waals surface area contributed by atoms with Crippen LogP contribution in [0.3, 0.4) is 0 Å². The van der Waals surface area contributed by atoms with Gasteiger partial charge in [0.2, 0.25) is 0 Å². The molecule has 0 saturated heterocycles. The predicted molar refractivity (Wildman–Crippen MR) is 105 cm³/mol. The van der Waals surface area contributed by atoms with Gasteiger partial charge in [0, 0.05) is 17.7 Å². The lowest BCUT2D eigenvalue weighted by Gasteiger charge is -2.46. The second-order valence-electron chi connectivity index (χ2n) is 7.06. The first-order chi connectivity index (χ1) is 12.7. The minimum Gasteiger partial charge on any atom is -0.379 e. The molecule has 26 heavy (non-hydrogen) atoms. The molecule has 1 fully saturated rings. The van der Waals surface area contributed by atoms with Gasteiger partial charge in [-0.25, -0.2) is 4.39 Å².